The van der Waals surface area contributed by atoms with Crippen molar-refractivity contribution in [3.8, 4) is 0 Å². The second-order valence-corrected chi connectivity index (χ2v) is 15.1. The van der Waals surface area contributed by atoms with Gasteiger partial charge in [0.1, 0.15) is 91.4 Å². The molecule has 11 N–H and O–H groups in total. The van der Waals surface area contributed by atoms with Gasteiger partial charge in [-0.3, -0.25) is 4.79 Å². The van der Waals surface area contributed by atoms with Gasteiger partial charge in [-0.1, -0.05) is 32.9 Å². The monoisotopic (exact) mass is 854 g/mol. The van der Waals surface area contributed by atoms with Crippen molar-refractivity contribution in [2.24, 2.45) is 0 Å². The summed E-state index contributed by atoms with van der Waals surface area (Å²) in [5, 5.41) is 104. The molecule has 22 heteroatoms. The first-order valence-corrected chi connectivity index (χ1v) is 19.5. The fourth-order valence-corrected chi connectivity index (χ4v) is 7.58. The Kier molecular flexibility index (Phi) is 18.4. The average Bonchev–Trinajstić information content (AvgIpc) is 3.19. The molecule has 0 radical (unpaired) electrons. The van der Waals surface area contributed by atoms with Crippen LogP contribution in [0.1, 0.15) is 46.5 Å². The summed E-state index contributed by atoms with van der Waals surface area (Å²) in [7, 11) is 2.52. The van der Waals surface area contributed by atoms with Crippen LogP contribution >= 0.6 is 0 Å². The zero-order valence-corrected chi connectivity index (χ0v) is 33.7. The number of aliphatic hydroxyl groups is 8. The van der Waals surface area contributed by atoms with E-state index in [9.17, 15) is 55.5 Å². The third kappa shape index (κ3) is 11.3. The van der Waals surface area contributed by atoms with E-state index in [0.29, 0.717) is 12.1 Å². The number of carbonyl (C=O) groups excluding carboxylic acids is 1. The number of aliphatic hydroxyl groups excluding tert-OH is 8. The van der Waals surface area contributed by atoms with Crippen LogP contribution < -0.4 is 10.6 Å². The molecule has 0 amide bonds. The molecule has 4 heterocycles. The van der Waals surface area contributed by atoms with E-state index in [4.69, 9.17) is 42.6 Å². The number of nitrogens with one attached hydrogen (secondary N) is 2. The number of carbonyl (C=O) groups is 2. The maximum absolute atomic E-state index is 13.2. The van der Waals surface area contributed by atoms with Crippen LogP contribution in [-0.4, -0.2) is 208 Å². The molecule has 22 nitrogen and oxygen atoms in total. The van der Waals surface area contributed by atoms with Crippen molar-refractivity contribution in [2.75, 3.05) is 27.4 Å². The highest BCUT2D eigenvalue weighted by atomic mass is 16.8. The Balaban J connectivity index is 1.62. The van der Waals surface area contributed by atoms with E-state index in [-0.39, 0.29) is 12.1 Å². The van der Waals surface area contributed by atoms with Gasteiger partial charge in [-0.2, -0.15) is 0 Å². The number of hydrogen-bond donors (Lipinski definition) is 11. The van der Waals surface area contributed by atoms with Gasteiger partial charge < -0.3 is 99.2 Å². The van der Waals surface area contributed by atoms with Crippen LogP contribution in [0, 0.1) is 0 Å². The van der Waals surface area contributed by atoms with Crippen LogP contribution in [0.3, 0.4) is 0 Å². The maximum Gasteiger partial charge on any atom is 0.335 e. The molecular formula is C37H62N2O20. The van der Waals surface area contributed by atoms with Crippen LogP contribution in [-0.2, 0) is 52.2 Å². The summed E-state index contributed by atoms with van der Waals surface area (Å²) in [5.74, 6) is -2.14. The molecule has 0 saturated carbocycles. The lowest BCUT2D eigenvalue weighted by atomic mass is 9.92. The third-order valence-electron chi connectivity index (χ3n) is 10.6. The minimum Gasteiger partial charge on any atom is -0.479 e. The highest BCUT2D eigenvalue weighted by Gasteiger charge is 2.57. The molecular weight excluding hydrogens is 792 g/mol. The molecule has 59 heavy (non-hydrogen) atoms. The second-order valence-electron chi connectivity index (χ2n) is 15.1. The molecule has 0 aliphatic carbocycles. The molecule has 0 aromatic rings. The number of rotatable bonds is 20. The van der Waals surface area contributed by atoms with Gasteiger partial charge in [0.2, 0.25) is 0 Å². The summed E-state index contributed by atoms with van der Waals surface area (Å²) in [4.78, 5) is 26.0. The lowest BCUT2D eigenvalue weighted by Gasteiger charge is -2.50. The quantitative estimate of drug-likeness (QED) is 0.0521. The van der Waals surface area contributed by atoms with Crippen LogP contribution in [0.15, 0.2) is 24.6 Å². The summed E-state index contributed by atoms with van der Waals surface area (Å²) >= 11 is 0. The molecule has 340 valence electrons. The van der Waals surface area contributed by atoms with E-state index in [1.807, 2.05) is 6.92 Å². The Morgan fingerprint density at radius 1 is 0.593 bits per heavy atom. The average molecular weight is 855 g/mol. The first-order valence-electron chi connectivity index (χ1n) is 19.5. The van der Waals surface area contributed by atoms with Crippen LogP contribution in [0.5, 0.6) is 0 Å². The number of methoxy groups -OCH3 is 2. The molecule has 4 rings (SSSR count). The summed E-state index contributed by atoms with van der Waals surface area (Å²) in [6.07, 6.45) is -28.1. The van der Waals surface area contributed by atoms with Crippen molar-refractivity contribution in [1.29, 1.82) is 0 Å². The molecule has 0 aromatic carbocycles. The molecule has 12 unspecified atom stereocenters. The van der Waals surface area contributed by atoms with Crippen molar-refractivity contribution in [1.82, 2.24) is 10.6 Å². The molecule has 0 aromatic heterocycles. The Morgan fingerprint density at radius 3 is 1.49 bits per heavy atom. The van der Waals surface area contributed by atoms with Gasteiger partial charge in [0.05, 0.1) is 13.2 Å². The number of allylic oxidation sites excluding steroid dienone is 2. The van der Waals surface area contributed by atoms with E-state index in [2.05, 4.69) is 23.8 Å². The largest absolute Gasteiger partial charge is 0.479 e. The number of Topliss-reactive ketones (excluding diaryl/α,β-unsaturated/α-hetero) is 1. The van der Waals surface area contributed by atoms with Crippen molar-refractivity contribution in [2.45, 2.75) is 169 Å². The van der Waals surface area contributed by atoms with E-state index < -0.39 is 148 Å². The van der Waals surface area contributed by atoms with Gasteiger partial charge in [0, 0.05) is 32.0 Å². The lowest BCUT2D eigenvalue weighted by Crippen LogP contribution is -2.70. The fourth-order valence-electron chi connectivity index (χ4n) is 7.58. The van der Waals surface area contributed by atoms with Crippen molar-refractivity contribution in [3.63, 3.8) is 0 Å². The van der Waals surface area contributed by atoms with E-state index in [1.165, 1.54) is 21.1 Å². The summed E-state index contributed by atoms with van der Waals surface area (Å²) < 4.78 is 51.7. The maximum atomic E-state index is 13.2. The predicted molar refractivity (Wildman–Crippen MR) is 198 cm³/mol. The molecule has 0 bridgehead atoms. The molecule has 4 aliphatic heterocycles. The normalized spacial score (nSPS) is 42.8. The zero-order chi connectivity index (χ0) is 43.9. The zero-order valence-electron chi connectivity index (χ0n) is 33.7. The number of carboxylic acids is 1. The van der Waals surface area contributed by atoms with Gasteiger partial charge in [-0.15, -0.1) is 0 Å². The highest BCUT2D eigenvalue weighted by molar-refractivity contribution is 5.84. The van der Waals surface area contributed by atoms with Gasteiger partial charge in [-0.25, -0.2) is 4.79 Å². The molecule has 4 aliphatic rings. The minimum absolute atomic E-state index is 0.0723. The molecule has 4 saturated heterocycles. The number of ether oxygens (including phenoxy) is 9. The van der Waals surface area contributed by atoms with Crippen molar-refractivity contribution >= 4 is 11.8 Å². The van der Waals surface area contributed by atoms with Gasteiger partial charge in [-0.05, 0) is 20.3 Å². The third-order valence-corrected chi connectivity index (χ3v) is 10.6. The standard InChI is InChI=1S/C37H62N2O20/c1-8-9-10-11-16(42)27-30(51-6)23(45)25(47)36(55-27)57-29-20(39-15(4)5)35(54-18(13-41)22(29)44)58-31-24(46)26(48)37(59-32(31)33(49)50)56-28-19(38-14(2)3)34(52-7)53-17(12-40)21(28)43/h17-32,34-41,43-48H,2,4,8-13H2,1,3,5-7H3,(H,49,50)/t17?,18?,19-,20-,21+,22+,23?,24?,25-,26-,27?,28?,29?,30-,31-,32?,34?,35?,36?,37?/m0/s1. The van der Waals surface area contributed by atoms with E-state index in [1.54, 1.807) is 6.92 Å². The topological polar surface area (TPSA) is 323 Å². The summed E-state index contributed by atoms with van der Waals surface area (Å²) in [6.45, 7) is 11.1. The number of hydrogen-bond acceptors (Lipinski definition) is 21. The first kappa shape index (κ1) is 49.2. The van der Waals surface area contributed by atoms with E-state index >= 15 is 0 Å². The summed E-state index contributed by atoms with van der Waals surface area (Å²) in [6, 6.07) is -2.47. The van der Waals surface area contributed by atoms with Crippen LogP contribution in [0.4, 0.5) is 0 Å². The summed E-state index contributed by atoms with van der Waals surface area (Å²) in [5.41, 5.74) is 0.594. The number of ketones is 1. The van der Waals surface area contributed by atoms with Gasteiger partial charge in [0.15, 0.2) is 37.0 Å². The second kappa shape index (κ2) is 22.1. The van der Waals surface area contributed by atoms with Crippen molar-refractivity contribution in [3.05, 3.63) is 24.6 Å². The first-order chi connectivity index (χ1) is 27.9. The number of aliphatic carboxylic acids is 1. The predicted octanol–water partition coefficient (Wildman–Crippen LogP) is -3.93. The van der Waals surface area contributed by atoms with E-state index in [0.717, 1.165) is 12.8 Å². The number of carboxylic acid groups (broad SMARTS) is 1. The van der Waals surface area contributed by atoms with Crippen molar-refractivity contribution < 1.29 is 98.2 Å². The molecule has 4 fully saturated rings. The number of unbranched alkanes of at least 4 members (excludes halogenated alkanes) is 2. The van der Waals surface area contributed by atoms with Crippen LogP contribution in [0.25, 0.3) is 0 Å². The Labute approximate surface area is 341 Å². The lowest BCUT2D eigenvalue weighted by molar-refractivity contribution is -0.369. The smallest absolute Gasteiger partial charge is 0.335 e. The van der Waals surface area contributed by atoms with Gasteiger partial charge >= 0.3 is 5.97 Å². The van der Waals surface area contributed by atoms with Crippen LogP contribution in [0.2, 0.25) is 0 Å². The molecule has 0 spiro atoms. The SMILES string of the molecule is C=C(C)N[C@@H]1C(OC)OC(CO)[C@@H](O)C1OC1OC(C(=O)O)[C@@H](OC2OC(CO)[C@@H](O)C(OC3OC(C(=O)CCCCC)[C@@H](OC)C(O)[C@@H]3O)[C@@H]2NC(=C)C)C(O)[C@@H]1O. The minimum atomic E-state index is -2.12. The van der Waals surface area contributed by atoms with Gasteiger partial charge in [0.25, 0.3) is 0 Å². The highest BCUT2D eigenvalue weighted by Crippen LogP contribution is 2.35. The fraction of sp³-hybridized carbons (Fsp3) is 0.838. The Morgan fingerprint density at radius 2 is 1.05 bits per heavy atom. The Bertz CT molecular complexity index is 1390. The Hall–Kier alpha value is -2.46. The molecule has 20 atom stereocenters.